The second-order valence-corrected chi connectivity index (χ2v) is 5.86. The summed E-state index contributed by atoms with van der Waals surface area (Å²) in [5.41, 5.74) is -0.0406. The Bertz CT molecular complexity index is 695. The minimum Gasteiger partial charge on any atom is -0.491 e. The second kappa shape index (κ2) is 7.04. The van der Waals surface area contributed by atoms with Crippen molar-refractivity contribution in [3.63, 3.8) is 0 Å². The van der Waals surface area contributed by atoms with Crippen LogP contribution in [0.2, 0.25) is 0 Å². The standard InChI is InChI=1S/C16H16F3NO2S/c1-3-7-22-13-5-4-11(16(17,18)19)9-12(13)20-15(21)14-10(2)6-8-23-14/h4-6,8-9H,3,7H2,1-2H3,(H,20,21). The fourth-order valence-corrected chi connectivity index (χ4v) is 2.75. The van der Waals surface area contributed by atoms with Crippen molar-refractivity contribution in [3.8, 4) is 5.75 Å². The summed E-state index contributed by atoms with van der Waals surface area (Å²) < 4.78 is 44.0. The van der Waals surface area contributed by atoms with E-state index in [1.54, 1.807) is 18.4 Å². The molecule has 1 N–H and O–H groups in total. The lowest BCUT2D eigenvalue weighted by Crippen LogP contribution is -2.14. The Labute approximate surface area is 136 Å². The molecular formula is C16H16F3NO2S. The maximum Gasteiger partial charge on any atom is 0.416 e. The minimum atomic E-state index is -4.48. The molecule has 0 aliphatic carbocycles. The van der Waals surface area contributed by atoms with Gasteiger partial charge in [-0.25, -0.2) is 0 Å². The number of carbonyl (C=O) groups is 1. The highest BCUT2D eigenvalue weighted by molar-refractivity contribution is 7.12. The molecule has 0 atom stereocenters. The Morgan fingerprint density at radius 1 is 1.30 bits per heavy atom. The Kier molecular flexibility index (Phi) is 5.30. The number of hydrogen-bond acceptors (Lipinski definition) is 3. The number of carbonyl (C=O) groups excluding carboxylic acids is 1. The number of anilines is 1. The first kappa shape index (κ1) is 17.3. The molecule has 0 unspecified atom stereocenters. The largest absolute Gasteiger partial charge is 0.491 e. The van der Waals surface area contributed by atoms with Crippen LogP contribution in [0.15, 0.2) is 29.6 Å². The number of thiophene rings is 1. The molecule has 0 saturated carbocycles. The Morgan fingerprint density at radius 3 is 2.61 bits per heavy atom. The van der Waals surface area contributed by atoms with Gasteiger partial charge in [0.25, 0.3) is 5.91 Å². The summed E-state index contributed by atoms with van der Waals surface area (Å²) in [4.78, 5) is 12.7. The zero-order valence-corrected chi connectivity index (χ0v) is 13.5. The molecule has 0 aliphatic heterocycles. The van der Waals surface area contributed by atoms with Crippen LogP contribution < -0.4 is 10.1 Å². The molecule has 2 rings (SSSR count). The number of hydrogen-bond donors (Lipinski definition) is 1. The predicted molar refractivity (Wildman–Crippen MR) is 84.2 cm³/mol. The number of rotatable bonds is 5. The third-order valence-corrected chi connectivity index (χ3v) is 4.10. The summed E-state index contributed by atoms with van der Waals surface area (Å²) in [5.74, 6) is -0.222. The summed E-state index contributed by atoms with van der Waals surface area (Å²) in [7, 11) is 0. The molecule has 0 radical (unpaired) electrons. The van der Waals surface area contributed by atoms with Gasteiger partial charge in [0.2, 0.25) is 0 Å². The molecule has 0 saturated heterocycles. The van der Waals surface area contributed by atoms with Crippen LogP contribution in [-0.2, 0) is 6.18 Å². The van der Waals surface area contributed by atoms with Gasteiger partial charge in [0.05, 0.1) is 22.7 Å². The molecule has 0 bridgehead atoms. The summed E-state index contributed by atoms with van der Waals surface area (Å²) >= 11 is 1.24. The van der Waals surface area contributed by atoms with Gasteiger partial charge in [-0.3, -0.25) is 4.79 Å². The number of benzene rings is 1. The van der Waals surface area contributed by atoms with Crippen molar-refractivity contribution in [2.75, 3.05) is 11.9 Å². The molecule has 1 aromatic heterocycles. The van der Waals surface area contributed by atoms with Crippen molar-refractivity contribution < 1.29 is 22.7 Å². The quantitative estimate of drug-likeness (QED) is 0.818. The molecule has 1 heterocycles. The average molecular weight is 343 g/mol. The third kappa shape index (κ3) is 4.25. The molecule has 1 aromatic carbocycles. The van der Waals surface area contributed by atoms with Gasteiger partial charge in [-0.05, 0) is 48.6 Å². The van der Waals surface area contributed by atoms with Gasteiger partial charge < -0.3 is 10.1 Å². The van der Waals surface area contributed by atoms with Gasteiger partial charge in [0, 0.05) is 0 Å². The lowest BCUT2D eigenvalue weighted by molar-refractivity contribution is -0.137. The van der Waals surface area contributed by atoms with Crippen LogP contribution in [0.3, 0.4) is 0 Å². The number of nitrogens with one attached hydrogen (secondary N) is 1. The van der Waals surface area contributed by atoms with Crippen LogP contribution in [0.25, 0.3) is 0 Å². The molecule has 0 fully saturated rings. The van der Waals surface area contributed by atoms with E-state index in [0.29, 0.717) is 17.9 Å². The Balaban J connectivity index is 2.33. The van der Waals surface area contributed by atoms with E-state index in [-0.39, 0.29) is 11.4 Å². The highest BCUT2D eigenvalue weighted by Crippen LogP contribution is 2.35. The van der Waals surface area contributed by atoms with E-state index in [1.807, 2.05) is 6.92 Å². The third-order valence-electron chi connectivity index (χ3n) is 3.09. The number of ether oxygens (including phenoxy) is 1. The lowest BCUT2D eigenvalue weighted by atomic mass is 10.1. The fourth-order valence-electron chi connectivity index (χ4n) is 1.93. The van der Waals surface area contributed by atoms with Crippen molar-refractivity contribution in [2.24, 2.45) is 0 Å². The van der Waals surface area contributed by atoms with E-state index in [1.165, 1.54) is 17.4 Å². The molecule has 0 aliphatic rings. The predicted octanol–water partition coefficient (Wildman–Crippen LogP) is 5.12. The van der Waals surface area contributed by atoms with Crippen LogP contribution >= 0.6 is 11.3 Å². The zero-order valence-electron chi connectivity index (χ0n) is 12.7. The zero-order chi connectivity index (χ0) is 17.0. The maximum absolute atomic E-state index is 12.9. The van der Waals surface area contributed by atoms with E-state index in [9.17, 15) is 18.0 Å². The number of alkyl halides is 3. The molecule has 1 amide bonds. The SMILES string of the molecule is CCCOc1ccc(C(F)(F)F)cc1NC(=O)c1sccc1C. The van der Waals surface area contributed by atoms with E-state index >= 15 is 0 Å². The first-order valence-corrected chi connectivity index (χ1v) is 7.90. The minimum absolute atomic E-state index is 0.0195. The number of halogens is 3. The Hall–Kier alpha value is -2.02. The van der Waals surface area contributed by atoms with Crippen molar-refractivity contribution >= 4 is 22.9 Å². The van der Waals surface area contributed by atoms with Crippen LogP contribution in [0, 0.1) is 6.92 Å². The molecule has 124 valence electrons. The van der Waals surface area contributed by atoms with Gasteiger partial charge in [0.1, 0.15) is 5.75 Å². The highest BCUT2D eigenvalue weighted by atomic mass is 32.1. The highest BCUT2D eigenvalue weighted by Gasteiger charge is 2.31. The van der Waals surface area contributed by atoms with Crippen LogP contribution in [-0.4, -0.2) is 12.5 Å². The smallest absolute Gasteiger partial charge is 0.416 e. The lowest BCUT2D eigenvalue weighted by Gasteiger charge is -2.15. The second-order valence-electron chi connectivity index (χ2n) is 4.94. The van der Waals surface area contributed by atoms with Gasteiger partial charge in [-0.15, -0.1) is 11.3 Å². The van der Waals surface area contributed by atoms with E-state index in [0.717, 1.165) is 17.7 Å². The summed E-state index contributed by atoms with van der Waals surface area (Å²) in [6.45, 7) is 4.01. The first-order valence-electron chi connectivity index (χ1n) is 7.02. The van der Waals surface area contributed by atoms with E-state index < -0.39 is 17.6 Å². The Morgan fingerprint density at radius 2 is 2.04 bits per heavy atom. The van der Waals surface area contributed by atoms with Crippen LogP contribution in [0.1, 0.15) is 34.1 Å². The van der Waals surface area contributed by atoms with E-state index in [4.69, 9.17) is 4.74 Å². The molecular weight excluding hydrogens is 327 g/mol. The average Bonchev–Trinajstić information content (AvgIpc) is 2.91. The fraction of sp³-hybridized carbons (Fsp3) is 0.312. The first-order chi connectivity index (χ1) is 10.8. The van der Waals surface area contributed by atoms with Crippen molar-refractivity contribution in [1.82, 2.24) is 0 Å². The van der Waals surface area contributed by atoms with Gasteiger partial charge >= 0.3 is 6.18 Å². The van der Waals surface area contributed by atoms with Gasteiger partial charge in [-0.2, -0.15) is 13.2 Å². The summed E-state index contributed by atoms with van der Waals surface area (Å²) in [6.07, 6.45) is -3.78. The van der Waals surface area contributed by atoms with E-state index in [2.05, 4.69) is 5.32 Å². The molecule has 2 aromatic rings. The number of aryl methyl sites for hydroxylation is 1. The van der Waals surface area contributed by atoms with Gasteiger partial charge in [0.15, 0.2) is 0 Å². The van der Waals surface area contributed by atoms with Gasteiger partial charge in [-0.1, -0.05) is 6.92 Å². The number of amides is 1. The van der Waals surface area contributed by atoms with Crippen LogP contribution in [0.5, 0.6) is 5.75 Å². The monoisotopic (exact) mass is 343 g/mol. The molecule has 3 nitrogen and oxygen atoms in total. The van der Waals surface area contributed by atoms with Crippen molar-refractivity contribution in [3.05, 3.63) is 45.6 Å². The normalized spacial score (nSPS) is 11.3. The molecule has 0 spiro atoms. The maximum atomic E-state index is 12.9. The molecule has 7 heteroatoms. The summed E-state index contributed by atoms with van der Waals surface area (Å²) in [5, 5.41) is 4.28. The van der Waals surface area contributed by atoms with Crippen molar-refractivity contribution in [1.29, 1.82) is 0 Å². The molecule has 23 heavy (non-hydrogen) atoms. The van der Waals surface area contributed by atoms with Crippen LogP contribution in [0.4, 0.5) is 18.9 Å². The van der Waals surface area contributed by atoms with Crippen molar-refractivity contribution in [2.45, 2.75) is 26.4 Å². The topological polar surface area (TPSA) is 38.3 Å². The summed E-state index contributed by atoms with van der Waals surface area (Å²) in [6, 6.07) is 4.85.